The molecule has 1 aromatic carbocycles. The zero-order valence-corrected chi connectivity index (χ0v) is 18.6. The van der Waals surface area contributed by atoms with Crippen LogP contribution in [0.25, 0.3) is 0 Å². The molecule has 1 aromatic rings. The summed E-state index contributed by atoms with van der Waals surface area (Å²) < 4.78 is 70.6. The number of nitriles is 1. The van der Waals surface area contributed by atoms with Gasteiger partial charge >= 0.3 is 6.18 Å². The molecule has 3 aliphatic carbocycles. The second kappa shape index (κ2) is 8.87. The van der Waals surface area contributed by atoms with E-state index in [0.29, 0.717) is 44.6 Å². The minimum atomic E-state index is -4.70. The number of hydrazine groups is 1. The van der Waals surface area contributed by atoms with E-state index in [9.17, 15) is 32.0 Å². The smallest absolute Gasteiger partial charge is 0.416 e. The third kappa shape index (κ3) is 4.73. The highest BCUT2D eigenvalue weighted by Crippen LogP contribution is 2.52. The maximum atomic E-state index is 13.4. The van der Waals surface area contributed by atoms with Gasteiger partial charge < -0.3 is 14.6 Å². The van der Waals surface area contributed by atoms with Gasteiger partial charge in [-0.1, -0.05) is 0 Å². The Labute approximate surface area is 192 Å². The van der Waals surface area contributed by atoms with Gasteiger partial charge in [0.25, 0.3) is 5.91 Å². The standard InChI is InChI=1S/C21H25F3N4O4S/c22-21(23,24)15-1-2-17(28(33(30)31)27-9-11-32-12-10-27)16(13-15)18(29)26-20-6-3-19(14-25,4-7-20)5-8-20/h1-2,13H,3-12H2,(H,26,29)(H,30,31)/p-1. The minimum Gasteiger partial charge on any atom is -0.754 e. The third-order valence-electron chi connectivity index (χ3n) is 7.02. The number of carbonyl (C=O) groups is 1. The average molecular weight is 486 g/mol. The molecule has 180 valence electrons. The molecule has 1 amide bonds. The molecule has 1 atom stereocenters. The first-order valence-corrected chi connectivity index (χ1v) is 11.8. The fraction of sp³-hybridized carbons (Fsp3) is 0.619. The van der Waals surface area contributed by atoms with Crippen molar-refractivity contribution in [1.82, 2.24) is 10.3 Å². The second-order valence-electron chi connectivity index (χ2n) is 8.91. The lowest BCUT2D eigenvalue weighted by Crippen LogP contribution is -2.56. The van der Waals surface area contributed by atoms with Crippen LogP contribution in [0.4, 0.5) is 18.9 Å². The van der Waals surface area contributed by atoms with E-state index in [4.69, 9.17) is 4.74 Å². The lowest BCUT2D eigenvalue weighted by atomic mass is 9.58. The molecule has 0 spiro atoms. The van der Waals surface area contributed by atoms with Gasteiger partial charge in [0.1, 0.15) is 0 Å². The number of hydrogen-bond donors (Lipinski definition) is 1. The van der Waals surface area contributed by atoms with Crippen LogP contribution in [-0.2, 0) is 22.2 Å². The van der Waals surface area contributed by atoms with Crippen molar-refractivity contribution in [2.24, 2.45) is 5.41 Å². The Kier molecular flexibility index (Phi) is 6.43. The van der Waals surface area contributed by atoms with E-state index in [1.165, 1.54) is 5.01 Å². The highest BCUT2D eigenvalue weighted by atomic mass is 32.2. The van der Waals surface area contributed by atoms with Crippen molar-refractivity contribution in [2.75, 3.05) is 30.7 Å². The lowest BCUT2D eigenvalue weighted by Gasteiger charge is -2.50. The number of rotatable bonds is 5. The Morgan fingerprint density at radius 3 is 2.30 bits per heavy atom. The molecular formula is C21H24F3N4O4S-. The van der Waals surface area contributed by atoms with Crippen molar-refractivity contribution in [1.29, 1.82) is 5.26 Å². The van der Waals surface area contributed by atoms with Crippen LogP contribution < -0.4 is 9.73 Å². The van der Waals surface area contributed by atoms with Gasteiger partial charge in [-0.15, -0.1) is 0 Å². The number of amides is 1. The summed E-state index contributed by atoms with van der Waals surface area (Å²) in [6.07, 6.45) is -1.19. The third-order valence-corrected chi connectivity index (χ3v) is 7.73. The van der Waals surface area contributed by atoms with Crippen LogP contribution in [0.3, 0.4) is 0 Å². The first-order chi connectivity index (χ1) is 15.6. The van der Waals surface area contributed by atoms with Gasteiger partial charge in [-0.25, -0.2) is 9.42 Å². The van der Waals surface area contributed by atoms with Crippen molar-refractivity contribution in [2.45, 2.75) is 50.2 Å². The number of benzene rings is 1. The maximum absolute atomic E-state index is 13.4. The summed E-state index contributed by atoms with van der Waals surface area (Å²) >= 11 is -2.87. The van der Waals surface area contributed by atoms with Gasteiger partial charge in [-0.05, 0) is 56.7 Å². The zero-order valence-electron chi connectivity index (χ0n) is 17.8. The maximum Gasteiger partial charge on any atom is 0.416 e. The minimum absolute atomic E-state index is 0.148. The molecule has 8 nitrogen and oxygen atoms in total. The number of morpholine rings is 1. The molecule has 1 heterocycles. The Morgan fingerprint density at radius 2 is 1.79 bits per heavy atom. The van der Waals surface area contributed by atoms with Crippen molar-refractivity contribution in [3.05, 3.63) is 29.3 Å². The molecule has 0 radical (unpaired) electrons. The Morgan fingerprint density at radius 1 is 1.18 bits per heavy atom. The number of halogens is 3. The van der Waals surface area contributed by atoms with Gasteiger partial charge in [0.05, 0.1) is 52.8 Å². The molecule has 1 N–H and O–H groups in total. The van der Waals surface area contributed by atoms with Crippen molar-refractivity contribution in [3.63, 3.8) is 0 Å². The number of anilines is 1. The number of nitrogens with one attached hydrogen (secondary N) is 1. The van der Waals surface area contributed by atoms with E-state index in [1.54, 1.807) is 0 Å². The number of nitrogens with zero attached hydrogens (tertiary/aromatic N) is 3. The molecule has 33 heavy (non-hydrogen) atoms. The fourth-order valence-electron chi connectivity index (χ4n) is 4.97. The molecule has 1 unspecified atom stereocenters. The summed E-state index contributed by atoms with van der Waals surface area (Å²) in [6.45, 7) is 0.908. The Bertz CT molecular complexity index is 966. The van der Waals surface area contributed by atoms with Gasteiger partial charge in [-0.2, -0.15) is 18.4 Å². The number of ether oxygens (including phenoxy) is 1. The first-order valence-electron chi connectivity index (χ1n) is 10.8. The molecule has 2 bridgehead atoms. The van der Waals surface area contributed by atoms with Crippen LogP contribution >= 0.6 is 0 Å². The normalized spacial score (nSPS) is 28.7. The second-order valence-corrected chi connectivity index (χ2v) is 9.69. The molecular weight excluding hydrogens is 461 g/mol. The summed E-state index contributed by atoms with van der Waals surface area (Å²) in [5.74, 6) is -0.758. The van der Waals surface area contributed by atoms with Gasteiger partial charge in [0, 0.05) is 18.6 Å². The molecule has 3 saturated carbocycles. The van der Waals surface area contributed by atoms with Gasteiger partial charge in [-0.3, -0.25) is 9.00 Å². The van der Waals surface area contributed by atoms with Crippen molar-refractivity contribution < 1.29 is 31.5 Å². The lowest BCUT2D eigenvalue weighted by molar-refractivity contribution is -0.137. The van der Waals surface area contributed by atoms with Crippen molar-refractivity contribution >= 4 is 22.9 Å². The summed E-state index contributed by atoms with van der Waals surface area (Å²) in [6, 6.07) is 4.86. The zero-order chi connectivity index (χ0) is 23.9. The van der Waals surface area contributed by atoms with E-state index in [2.05, 4.69) is 11.4 Å². The molecule has 0 aromatic heterocycles. The highest BCUT2D eigenvalue weighted by Gasteiger charge is 2.50. The quantitative estimate of drug-likeness (QED) is 0.643. The fourth-order valence-corrected chi connectivity index (χ4v) is 5.64. The monoisotopic (exact) mass is 485 g/mol. The summed E-state index contributed by atoms with van der Waals surface area (Å²) in [4.78, 5) is 13.3. The molecule has 4 fully saturated rings. The van der Waals surface area contributed by atoms with Crippen LogP contribution in [0, 0.1) is 16.7 Å². The molecule has 1 aliphatic heterocycles. The Balaban J connectivity index is 1.68. The summed E-state index contributed by atoms with van der Waals surface area (Å²) in [5, 5.41) is 13.8. The van der Waals surface area contributed by atoms with Crippen molar-refractivity contribution in [3.8, 4) is 6.07 Å². The molecule has 1 saturated heterocycles. The topological polar surface area (TPSA) is 109 Å². The van der Waals surface area contributed by atoms with Crippen LogP contribution in [0.15, 0.2) is 18.2 Å². The van der Waals surface area contributed by atoms with Crippen LogP contribution in [-0.4, -0.2) is 51.5 Å². The first kappa shape index (κ1) is 23.9. The number of fused-ring (bicyclic) bond motifs is 3. The summed E-state index contributed by atoms with van der Waals surface area (Å²) in [5.41, 5.74) is -2.55. The van der Waals surface area contributed by atoms with E-state index < -0.39 is 34.5 Å². The highest BCUT2D eigenvalue weighted by molar-refractivity contribution is 7.80. The number of alkyl halides is 3. The van der Waals surface area contributed by atoms with E-state index in [-0.39, 0.29) is 43.0 Å². The van der Waals surface area contributed by atoms with E-state index >= 15 is 0 Å². The number of carbonyl (C=O) groups excluding carboxylic acids is 1. The molecule has 5 rings (SSSR count). The van der Waals surface area contributed by atoms with Gasteiger partial charge in [0.2, 0.25) is 0 Å². The molecule has 12 heteroatoms. The largest absolute Gasteiger partial charge is 0.754 e. The van der Waals surface area contributed by atoms with E-state index in [0.717, 1.165) is 16.5 Å². The average Bonchev–Trinajstić information content (AvgIpc) is 2.80. The number of hydrogen-bond acceptors (Lipinski definition) is 6. The van der Waals surface area contributed by atoms with E-state index in [1.807, 2.05) is 0 Å². The SMILES string of the molecule is N#CC12CCC(NC(=O)c3cc(C(F)(F)F)ccc3N(N3CCOCC3)S(=O)[O-])(CC1)CC2. The predicted octanol–water partition coefficient (Wildman–Crippen LogP) is 2.90. The van der Waals surface area contributed by atoms with Crippen LogP contribution in [0.2, 0.25) is 0 Å². The summed E-state index contributed by atoms with van der Waals surface area (Å²) in [7, 11) is 0. The molecule has 4 aliphatic rings. The van der Waals surface area contributed by atoms with Gasteiger partial charge in [0.15, 0.2) is 0 Å². The van der Waals surface area contributed by atoms with Crippen LogP contribution in [0.5, 0.6) is 0 Å². The Hall–Kier alpha value is -2.20. The van der Waals surface area contributed by atoms with Crippen LogP contribution in [0.1, 0.15) is 54.4 Å². The predicted molar refractivity (Wildman–Crippen MR) is 111 cm³/mol.